The second-order valence-corrected chi connectivity index (χ2v) is 8.17. The van der Waals surface area contributed by atoms with Crippen LogP contribution in [0, 0.1) is 0 Å². The van der Waals surface area contributed by atoms with Gasteiger partial charge < -0.3 is 10.2 Å². The van der Waals surface area contributed by atoms with Crippen LogP contribution >= 0.6 is 34.3 Å². The Morgan fingerprint density at radius 3 is 3.00 bits per heavy atom. The molecule has 3 heterocycles. The maximum absolute atomic E-state index is 12.7. The summed E-state index contributed by atoms with van der Waals surface area (Å²) in [6.07, 6.45) is 1.49. The van der Waals surface area contributed by atoms with Gasteiger partial charge in [0, 0.05) is 11.6 Å². The van der Waals surface area contributed by atoms with E-state index in [1.165, 1.54) is 22.7 Å². The predicted octanol–water partition coefficient (Wildman–Crippen LogP) is 4.25. The lowest BCUT2D eigenvalue weighted by Gasteiger charge is -2.22. The van der Waals surface area contributed by atoms with Crippen molar-refractivity contribution in [3.05, 3.63) is 45.6 Å². The molecule has 1 fully saturated rings. The number of nitrogens with one attached hydrogen (secondary N) is 1. The highest BCUT2D eigenvalue weighted by Crippen LogP contribution is 2.29. The van der Waals surface area contributed by atoms with E-state index in [-0.39, 0.29) is 11.8 Å². The third-order valence-electron chi connectivity index (χ3n) is 4.13. The summed E-state index contributed by atoms with van der Waals surface area (Å²) in [5, 5.41) is 5.89. The average molecular weight is 392 g/mol. The van der Waals surface area contributed by atoms with Crippen LogP contribution in [0.1, 0.15) is 22.5 Å². The molecule has 25 heavy (non-hydrogen) atoms. The highest BCUT2D eigenvalue weighted by atomic mass is 35.5. The molecular weight excluding hydrogens is 378 g/mol. The molecule has 0 saturated carbocycles. The Balaban J connectivity index is 1.52. The number of nitrogens with zero attached hydrogens (tertiary/aromatic N) is 2. The van der Waals surface area contributed by atoms with Crippen LogP contribution in [0.2, 0.25) is 5.02 Å². The summed E-state index contributed by atoms with van der Waals surface area (Å²) in [6.45, 7) is 0.601. The van der Waals surface area contributed by atoms with Gasteiger partial charge >= 0.3 is 0 Å². The number of carbonyl (C=O) groups is 2. The van der Waals surface area contributed by atoms with Crippen LogP contribution in [0.25, 0.3) is 10.2 Å². The van der Waals surface area contributed by atoms with E-state index in [0.717, 1.165) is 16.6 Å². The molecule has 0 bridgehead atoms. The van der Waals surface area contributed by atoms with Gasteiger partial charge in [-0.25, -0.2) is 4.98 Å². The zero-order valence-corrected chi connectivity index (χ0v) is 15.5. The van der Waals surface area contributed by atoms with Crippen LogP contribution in [0.4, 0.5) is 5.13 Å². The van der Waals surface area contributed by atoms with Gasteiger partial charge in [-0.05, 0) is 42.5 Å². The van der Waals surface area contributed by atoms with E-state index in [1.54, 1.807) is 17.0 Å². The second kappa shape index (κ2) is 6.74. The van der Waals surface area contributed by atoms with Crippen molar-refractivity contribution in [1.82, 2.24) is 9.88 Å². The first-order valence-corrected chi connectivity index (χ1v) is 9.90. The summed E-state index contributed by atoms with van der Waals surface area (Å²) in [6, 6.07) is 8.60. The van der Waals surface area contributed by atoms with Gasteiger partial charge in [0.2, 0.25) is 5.91 Å². The Morgan fingerprint density at radius 2 is 2.20 bits per heavy atom. The summed E-state index contributed by atoms with van der Waals surface area (Å²) in [5.41, 5.74) is 0.794. The molecule has 1 N–H and O–H groups in total. The zero-order valence-electron chi connectivity index (χ0n) is 13.1. The van der Waals surface area contributed by atoms with Crippen molar-refractivity contribution in [2.24, 2.45) is 0 Å². The molecule has 4 rings (SSSR count). The first-order chi connectivity index (χ1) is 12.1. The van der Waals surface area contributed by atoms with Crippen LogP contribution in [-0.4, -0.2) is 34.3 Å². The highest BCUT2D eigenvalue weighted by molar-refractivity contribution is 7.22. The Kier molecular flexibility index (Phi) is 4.45. The number of thiazole rings is 1. The number of benzene rings is 1. The second-order valence-electron chi connectivity index (χ2n) is 5.75. The maximum atomic E-state index is 12.7. The zero-order chi connectivity index (χ0) is 17.4. The molecule has 0 spiro atoms. The Morgan fingerprint density at radius 1 is 1.32 bits per heavy atom. The number of hydrogen-bond acceptors (Lipinski definition) is 5. The number of carbonyl (C=O) groups excluding carboxylic acids is 2. The number of aromatic nitrogens is 1. The van der Waals surface area contributed by atoms with Crippen molar-refractivity contribution in [3.63, 3.8) is 0 Å². The summed E-state index contributed by atoms with van der Waals surface area (Å²) in [7, 11) is 0. The predicted molar refractivity (Wildman–Crippen MR) is 102 cm³/mol. The van der Waals surface area contributed by atoms with Gasteiger partial charge in [0.15, 0.2) is 5.13 Å². The lowest BCUT2D eigenvalue weighted by Crippen LogP contribution is -2.42. The third-order valence-corrected chi connectivity index (χ3v) is 6.16. The van der Waals surface area contributed by atoms with E-state index in [1.807, 2.05) is 23.6 Å². The molecule has 0 unspecified atom stereocenters. The number of amides is 2. The lowest BCUT2D eigenvalue weighted by molar-refractivity contribution is -0.119. The Hall–Kier alpha value is -1.96. The van der Waals surface area contributed by atoms with Crippen molar-refractivity contribution >= 4 is 61.4 Å². The molecule has 0 aliphatic carbocycles. The Labute approximate surface area is 157 Å². The summed E-state index contributed by atoms with van der Waals surface area (Å²) in [4.78, 5) is 32.0. The Bertz CT molecular complexity index is 939. The largest absolute Gasteiger partial charge is 0.326 e. The molecule has 1 atom stereocenters. The number of hydrogen-bond donors (Lipinski definition) is 1. The van der Waals surface area contributed by atoms with Crippen molar-refractivity contribution in [2.45, 2.75) is 18.9 Å². The van der Waals surface area contributed by atoms with Crippen LogP contribution in [0.3, 0.4) is 0 Å². The quantitative estimate of drug-likeness (QED) is 0.725. The summed E-state index contributed by atoms with van der Waals surface area (Å²) >= 11 is 8.76. The number of likely N-dealkylation sites (tertiary alicyclic amines) is 1. The van der Waals surface area contributed by atoms with E-state index in [4.69, 9.17) is 11.6 Å². The lowest BCUT2D eigenvalue weighted by atomic mass is 10.2. The van der Waals surface area contributed by atoms with E-state index >= 15 is 0 Å². The molecule has 1 aromatic carbocycles. The van der Waals surface area contributed by atoms with Gasteiger partial charge in [-0.3, -0.25) is 9.59 Å². The molecule has 1 aliphatic rings. The number of rotatable bonds is 3. The topological polar surface area (TPSA) is 62.3 Å². The van der Waals surface area contributed by atoms with Gasteiger partial charge in [0.25, 0.3) is 5.91 Å². The molecular formula is C17H14ClN3O2S2. The maximum Gasteiger partial charge on any atom is 0.264 e. The smallest absolute Gasteiger partial charge is 0.264 e. The van der Waals surface area contributed by atoms with Gasteiger partial charge in [-0.2, -0.15) is 0 Å². The molecule has 2 amide bonds. The van der Waals surface area contributed by atoms with Gasteiger partial charge in [0.05, 0.1) is 15.1 Å². The van der Waals surface area contributed by atoms with Crippen molar-refractivity contribution in [3.8, 4) is 0 Å². The van der Waals surface area contributed by atoms with Crippen molar-refractivity contribution in [2.75, 3.05) is 11.9 Å². The highest BCUT2D eigenvalue weighted by Gasteiger charge is 2.35. The van der Waals surface area contributed by atoms with E-state index in [0.29, 0.717) is 28.0 Å². The number of thiophene rings is 1. The molecule has 1 aliphatic heterocycles. The average Bonchev–Trinajstić information content (AvgIpc) is 3.33. The van der Waals surface area contributed by atoms with Gasteiger partial charge in [-0.1, -0.05) is 29.0 Å². The molecule has 0 radical (unpaired) electrons. The fourth-order valence-corrected chi connectivity index (χ4v) is 4.79. The molecule has 5 nitrogen and oxygen atoms in total. The number of halogens is 1. The van der Waals surface area contributed by atoms with E-state index < -0.39 is 6.04 Å². The van der Waals surface area contributed by atoms with Crippen molar-refractivity contribution < 1.29 is 9.59 Å². The normalized spacial score (nSPS) is 17.2. The standard InChI is InChI=1S/C17H14ClN3O2S2/c18-10-5-6-11-14(9-10)25-17(19-11)20-15(22)12-3-1-7-21(12)16(23)13-4-2-8-24-13/h2,4-6,8-9,12H,1,3,7H2,(H,19,20,22)/t12-/m0/s1. The summed E-state index contributed by atoms with van der Waals surface area (Å²) in [5.74, 6) is -0.267. The van der Waals surface area contributed by atoms with Gasteiger partial charge in [-0.15, -0.1) is 11.3 Å². The van der Waals surface area contributed by atoms with E-state index in [2.05, 4.69) is 10.3 Å². The molecule has 3 aromatic rings. The SMILES string of the molecule is O=C(Nc1nc2ccc(Cl)cc2s1)[C@@H]1CCCN1C(=O)c1cccs1. The van der Waals surface area contributed by atoms with Crippen LogP contribution in [0.5, 0.6) is 0 Å². The van der Waals surface area contributed by atoms with Gasteiger partial charge in [0.1, 0.15) is 6.04 Å². The monoisotopic (exact) mass is 391 g/mol. The summed E-state index contributed by atoms with van der Waals surface area (Å²) < 4.78 is 0.917. The minimum absolute atomic E-state index is 0.0799. The minimum atomic E-state index is -0.454. The molecule has 2 aromatic heterocycles. The van der Waals surface area contributed by atoms with E-state index in [9.17, 15) is 9.59 Å². The van der Waals surface area contributed by atoms with Crippen LogP contribution in [0.15, 0.2) is 35.7 Å². The van der Waals surface area contributed by atoms with Crippen LogP contribution < -0.4 is 5.32 Å². The molecule has 8 heteroatoms. The number of fused-ring (bicyclic) bond motifs is 1. The molecule has 1 saturated heterocycles. The number of anilines is 1. The van der Waals surface area contributed by atoms with Crippen LogP contribution in [-0.2, 0) is 4.79 Å². The fraction of sp³-hybridized carbons (Fsp3) is 0.235. The third kappa shape index (κ3) is 3.27. The minimum Gasteiger partial charge on any atom is -0.326 e. The van der Waals surface area contributed by atoms with Crippen molar-refractivity contribution in [1.29, 1.82) is 0 Å². The first kappa shape index (κ1) is 16.5. The molecule has 128 valence electrons. The fourth-order valence-electron chi connectivity index (χ4n) is 2.96. The first-order valence-electron chi connectivity index (χ1n) is 7.83.